The van der Waals surface area contributed by atoms with Crippen LogP contribution in [0.15, 0.2) is 40.0 Å². The summed E-state index contributed by atoms with van der Waals surface area (Å²) in [6.07, 6.45) is 3.35. The van der Waals surface area contributed by atoms with Gasteiger partial charge in [-0.05, 0) is 54.9 Å². The molecular weight excluding hydrogens is 376 g/mol. The summed E-state index contributed by atoms with van der Waals surface area (Å²) >= 11 is 9.21. The van der Waals surface area contributed by atoms with Crippen molar-refractivity contribution in [2.24, 2.45) is 0 Å². The maximum Gasteiger partial charge on any atom is 0.182 e. The summed E-state index contributed by atoms with van der Waals surface area (Å²) in [4.78, 5) is 0.208. The van der Waals surface area contributed by atoms with Gasteiger partial charge in [-0.3, -0.25) is 4.68 Å². The minimum Gasteiger partial charge on any atom is -0.267 e. The summed E-state index contributed by atoms with van der Waals surface area (Å²) in [7, 11) is -3.44. The van der Waals surface area contributed by atoms with Crippen LogP contribution in [-0.4, -0.2) is 18.2 Å². The van der Waals surface area contributed by atoms with Crippen molar-refractivity contribution >= 4 is 37.4 Å². The number of hydrogen-bond donors (Lipinski definition) is 0. The van der Waals surface area contributed by atoms with E-state index in [2.05, 4.69) is 21.0 Å². The van der Waals surface area contributed by atoms with Crippen molar-refractivity contribution < 1.29 is 8.42 Å². The minimum atomic E-state index is -3.44. The van der Waals surface area contributed by atoms with Crippen molar-refractivity contribution in [1.82, 2.24) is 9.78 Å². The zero-order chi connectivity index (χ0) is 15.8. The Balaban J connectivity index is 2.29. The van der Waals surface area contributed by atoms with Crippen LogP contribution in [0.4, 0.5) is 0 Å². The molecule has 114 valence electrons. The molecule has 0 saturated carbocycles. The van der Waals surface area contributed by atoms with Crippen molar-refractivity contribution in [3.8, 4) is 0 Å². The molecule has 0 spiro atoms. The number of nitrogens with zero attached hydrogens (tertiary/aromatic N) is 2. The summed E-state index contributed by atoms with van der Waals surface area (Å²) in [6.45, 7) is 6.02. The quantitative estimate of drug-likeness (QED) is 0.794. The van der Waals surface area contributed by atoms with E-state index >= 15 is 0 Å². The Morgan fingerprint density at radius 3 is 2.52 bits per heavy atom. The van der Waals surface area contributed by atoms with Gasteiger partial charge >= 0.3 is 0 Å². The van der Waals surface area contributed by atoms with Gasteiger partial charge < -0.3 is 0 Å². The molecule has 0 unspecified atom stereocenters. The van der Waals surface area contributed by atoms with Crippen LogP contribution in [0.2, 0.25) is 5.02 Å². The second kappa shape index (κ2) is 5.74. The van der Waals surface area contributed by atoms with E-state index in [0.29, 0.717) is 15.1 Å². The standard InChI is InChI=1S/C14H16BrClN2O2S/c1-14(2,3)18-8-10(7-17-18)9-21(19,20)11-4-5-12(15)13(16)6-11/h4-8H,9H2,1-3H3. The van der Waals surface area contributed by atoms with Crippen LogP contribution in [0.1, 0.15) is 26.3 Å². The fourth-order valence-electron chi connectivity index (χ4n) is 1.77. The lowest BCUT2D eigenvalue weighted by Gasteiger charge is -2.18. The lowest BCUT2D eigenvalue weighted by atomic mass is 10.1. The average molecular weight is 392 g/mol. The topological polar surface area (TPSA) is 52.0 Å². The lowest BCUT2D eigenvalue weighted by molar-refractivity contribution is 0.355. The first-order valence-corrected chi connectivity index (χ1v) is 9.14. The highest BCUT2D eigenvalue weighted by Gasteiger charge is 2.20. The van der Waals surface area contributed by atoms with Crippen molar-refractivity contribution in [3.05, 3.63) is 45.7 Å². The molecule has 2 rings (SSSR count). The summed E-state index contributed by atoms with van der Waals surface area (Å²) in [5.74, 6) is -0.0962. The Kier molecular flexibility index (Phi) is 4.52. The highest BCUT2D eigenvalue weighted by Crippen LogP contribution is 2.27. The monoisotopic (exact) mass is 390 g/mol. The van der Waals surface area contributed by atoms with Gasteiger partial charge in [-0.25, -0.2) is 8.42 Å². The van der Waals surface area contributed by atoms with Crippen LogP contribution in [0, 0.1) is 0 Å². The average Bonchev–Trinajstić information content (AvgIpc) is 2.80. The van der Waals surface area contributed by atoms with Crippen LogP contribution in [-0.2, 0) is 21.1 Å². The predicted molar refractivity (Wildman–Crippen MR) is 87.3 cm³/mol. The van der Waals surface area contributed by atoms with Gasteiger partial charge in [0.15, 0.2) is 9.84 Å². The molecule has 1 aromatic heterocycles. The third-order valence-corrected chi connectivity index (χ3v) is 5.85. The molecule has 0 N–H and O–H groups in total. The van der Waals surface area contributed by atoms with E-state index < -0.39 is 9.84 Å². The van der Waals surface area contributed by atoms with E-state index in [-0.39, 0.29) is 16.2 Å². The Morgan fingerprint density at radius 2 is 2.00 bits per heavy atom. The molecule has 0 fully saturated rings. The number of sulfone groups is 1. The Labute approximate surface area is 138 Å². The second-order valence-electron chi connectivity index (χ2n) is 5.80. The predicted octanol–water partition coefficient (Wildman–Crippen LogP) is 4.03. The first kappa shape index (κ1) is 16.5. The largest absolute Gasteiger partial charge is 0.267 e. The van der Waals surface area contributed by atoms with Crippen LogP contribution in [0.25, 0.3) is 0 Å². The fraction of sp³-hybridized carbons (Fsp3) is 0.357. The molecule has 0 saturated heterocycles. The maximum absolute atomic E-state index is 12.4. The van der Waals surface area contributed by atoms with Gasteiger partial charge in [0.25, 0.3) is 0 Å². The molecule has 7 heteroatoms. The van der Waals surface area contributed by atoms with Crippen molar-refractivity contribution in [3.63, 3.8) is 0 Å². The van der Waals surface area contributed by atoms with Crippen LogP contribution in [0.5, 0.6) is 0 Å². The van der Waals surface area contributed by atoms with Crippen LogP contribution < -0.4 is 0 Å². The number of hydrogen-bond acceptors (Lipinski definition) is 3. The Hall–Kier alpha value is -0.850. The van der Waals surface area contributed by atoms with Gasteiger partial charge in [0.1, 0.15) is 0 Å². The highest BCUT2D eigenvalue weighted by molar-refractivity contribution is 9.10. The second-order valence-corrected chi connectivity index (χ2v) is 9.05. The molecule has 21 heavy (non-hydrogen) atoms. The van der Waals surface area contributed by atoms with E-state index in [9.17, 15) is 8.42 Å². The first-order chi connectivity index (χ1) is 9.59. The highest BCUT2D eigenvalue weighted by atomic mass is 79.9. The van der Waals surface area contributed by atoms with Crippen LogP contribution >= 0.6 is 27.5 Å². The third kappa shape index (κ3) is 3.87. The molecule has 1 aromatic carbocycles. The normalized spacial score (nSPS) is 12.6. The Bertz CT molecular complexity index is 764. The SMILES string of the molecule is CC(C)(C)n1cc(CS(=O)(=O)c2ccc(Br)c(Cl)c2)cn1. The van der Waals surface area contributed by atoms with Gasteiger partial charge in [-0.2, -0.15) is 5.10 Å². The molecule has 0 aliphatic carbocycles. The number of rotatable bonds is 3. The van der Waals surface area contributed by atoms with Gasteiger partial charge in [0.2, 0.25) is 0 Å². The van der Waals surface area contributed by atoms with Crippen molar-refractivity contribution in [2.75, 3.05) is 0 Å². The summed E-state index contributed by atoms with van der Waals surface area (Å²) < 4.78 is 27.3. The summed E-state index contributed by atoms with van der Waals surface area (Å²) in [5.41, 5.74) is 0.479. The van der Waals surface area contributed by atoms with E-state index in [4.69, 9.17) is 11.6 Å². The van der Waals surface area contributed by atoms with E-state index in [1.165, 1.54) is 6.07 Å². The molecule has 0 radical (unpaired) electrons. The lowest BCUT2D eigenvalue weighted by Crippen LogP contribution is -2.22. The van der Waals surface area contributed by atoms with Gasteiger partial charge in [-0.1, -0.05) is 11.6 Å². The molecule has 0 aliphatic heterocycles. The summed E-state index contributed by atoms with van der Waals surface area (Å²) in [6, 6.07) is 4.63. The number of aromatic nitrogens is 2. The minimum absolute atomic E-state index is 0.0962. The van der Waals surface area contributed by atoms with Gasteiger partial charge in [0, 0.05) is 16.2 Å². The van der Waals surface area contributed by atoms with Crippen molar-refractivity contribution in [2.45, 2.75) is 37.0 Å². The van der Waals surface area contributed by atoms with Crippen LogP contribution in [0.3, 0.4) is 0 Å². The fourth-order valence-corrected chi connectivity index (χ4v) is 3.59. The zero-order valence-electron chi connectivity index (χ0n) is 12.0. The Morgan fingerprint density at radius 1 is 1.33 bits per heavy atom. The van der Waals surface area contributed by atoms with Crippen molar-refractivity contribution in [1.29, 1.82) is 0 Å². The van der Waals surface area contributed by atoms with E-state index in [1.807, 2.05) is 20.8 Å². The molecular formula is C14H16BrClN2O2S. The van der Waals surface area contributed by atoms with Gasteiger partial charge in [0.05, 0.1) is 27.4 Å². The molecule has 0 amide bonds. The molecule has 4 nitrogen and oxygen atoms in total. The smallest absolute Gasteiger partial charge is 0.182 e. The third-order valence-electron chi connectivity index (χ3n) is 2.93. The molecule has 0 bridgehead atoms. The molecule has 1 heterocycles. The van der Waals surface area contributed by atoms with Gasteiger partial charge in [-0.15, -0.1) is 0 Å². The van der Waals surface area contributed by atoms with E-state index in [0.717, 1.165) is 0 Å². The molecule has 2 aromatic rings. The molecule has 0 aliphatic rings. The van der Waals surface area contributed by atoms with E-state index in [1.54, 1.807) is 29.2 Å². The summed E-state index contributed by atoms with van der Waals surface area (Å²) in [5, 5.41) is 4.59. The first-order valence-electron chi connectivity index (χ1n) is 6.31. The molecule has 0 atom stereocenters. The number of halogens is 2. The number of benzene rings is 1. The maximum atomic E-state index is 12.4. The zero-order valence-corrected chi connectivity index (χ0v) is 15.1.